The van der Waals surface area contributed by atoms with E-state index in [-0.39, 0.29) is 0 Å². The molecule has 0 heterocycles. The zero-order chi connectivity index (χ0) is 41.3. The molecule has 12 aromatic rings. The van der Waals surface area contributed by atoms with E-state index in [4.69, 9.17) is 0 Å². The molecular formula is C61H42Si. The van der Waals surface area contributed by atoms with Crippen LogP contribution in [0.1, 0.15) is 0 Å². The number of hydrogen-bond donors (Lipinski definition) is 0. The van der Waals surface area contributed by atoms with Crippen molar-refractivity contribution in [1.82, 2.24) is 0 Å². The molecule has 0 spiro atoms. The van der Waals surface area contributed by atoms with Gasteiger partial charge in [-0.1, -0.05) is 195 Å². The van der Waals surface area contributed by atoms with Crippen molar-refractivity contribution in [3.63, 3.8) is 0 Å². The number of rotatable bonds is 4. The molecule has 0 saturated carbocycles. The highest BCUT2D eigenvalue weighted by Gasteiger charge is 2.23. The second-order valence-corrected chi connectivity index (χ2v) is 23.5. The fraction of sp³-hybridized carbons (Fsp3) is 0.0492. The van der Waals surface area contributed by atoms with Crippen molar-refractivity contribution >= 4 is 88.7 Å². The molecule has 12 aromatic carbocycles. The molecule has 0 nitrogen and oxygen atoms in total. The van der Waals surface area contributed by atoms with E-state index in [1.165, 1.54) is 136 Å². The zero-order valence-electron chi connectivity index (χ0n) is 35.1. The highest BCUT2D eigenvalue weighted by molar-refractivity contribution is 6.88. The molecule has 1 aliphatic rings. The fourth-order valence-electron chi connectivity index (χ4n) is 10.9. The van der Waals surface area contributed by atoms with Crippen molar-refractivity contribution in [3.05, 3.63) is 200 Å². The standard InChI is InChI=1S/C61H42Si/c1-62(2,3)43-27-28-45-41(34-43)33-42(58-36-59-50-17-7-4-13-46(50)47-14-8-10-19-53(47)61(59)54-20-11-9-18-51(54)58)35-57(45)40-26-24-37-31-39(25-23-38(37)32-40)44-29-30-56-49-16-6-5-15-48(49)55-22-12-21-52(44)60(55)56/h4-36H,1-3H3. The lowest BCUT2D eigenvalue weighted by Crippen LogP contribution is -2.37. The summed E-state index contributed by atoms with van der Waals surface area (Å²) in [5, 5.41) is 19.7. The third-order valence-electron chi connectivity index (χ3n) is 13.9. The predicted octanol–water partition coefficient (Wildman–Crippen LogP) is 17.0. The third-order valence-corrected chi connectivity index (χ3v) is 15.9. The highest BCUT2D eigenvalue weighted by atomic mass is 28.3. The van der Waals surface area contributed by atoms with Crippen molar-refractivity contribution in [3.8, 4) is 55.6 Å². The first-order valence-corrected chi connectivity index (χ1v) is 25.4. The van der Waals surface area contributed by atoms with E-state index in [9.17, 15) is 0 Å². The third kappa shape index (κ3) is 5.19. The molecule has 1 heteroatoms. The normalized spacial score (nSPS) is 12.4. The summed E-state index contributed by atoms with van der Waals surface area (Å²) in [5.74, 6) is 0. The first-order valence-electron chi connectivity index (χ1n) is 21.9. The summed E-state index contributed by atoms with van der Waals surface area (Å²) in [6.45, 7) is 7.35. The molecule has 0 fully saturated rings. The average molecular weight is 803 g/mol. The van der Waals surface area contributed by atoms with Gasteiger partial charge in [0.05, 0.1) is 8.07 Å². The summed E-state index contributed by atoms with van der Waals surface area (Å²) in [5.41, 5.74) is 12.9. The summed E-state index contributed by atoms with van der Waals surface area (Å²) in [6, 6.07) is 76.0. The van der Waals surface area contributed by atoms with Gasteiger partial charge >= 0.3 is 0 Å². The number of hydrogen-bond acceptors (Lipinski definition) is 0. The quantitative estimate of drug-likeness (QED) is 0.123. The monoisotopic (exact) mass is 802 g/mol. The molecule has 0 aromatic heterocycles. The Balaban J connectivity index is 1.01. The first kappa shape index (κ1) is 35.4. The molecule has 290 valence electrons. The molecule has 0 aliphatic heterocycles. The summed E-state index contributed by atoms with van der Waals surface area (Å²) < 4.78 is 0. The van der Waals surface area contributed by atoms with Crippen molar-refractivity contribution in [1.29, 1.82) is 0 Å². The van der Waals surface area contributed by atoms with Gasteiger partial charge in [-0.15, -0.1) is 0 Å². The van der Waals surface area contributed by atoms with Gasteiger partial charge in [0.1, 0.15) is 0 Å². The fourth-order valence-corrected chi connectivity index (χ4v) is 12.0. The Kier molecular flexibility index (Phi) is 7.48. The van der Waals surface area contributed by atoms with Gasteiger partial charge in [0.15, 0.2) is 0 Å². The maximum atomic E-state index is 2.49. The van der Waals surface area contributed by atoms with Gasteiger partial charge in [0.2, 0.25) is 0 Å². The van der Waals surface area contributed by atoms with Crippen LogP contribution in [0, 0.1) is 0 Å². The van der Waals surface area contributed by atoms with Gasteiger partial charge in [-0.3, -0.25) is 0 Å². The topological polar surface area (TPSA) is 0 Å². The Labute approximate surface area is 362 Å². The molecule has 0 radical (unpaired) electrons. The summed E-state index contributed by atoms with van der Waals surface area (Å²) in [6.07, 6.45) is 0. The van der Waals surface area contributed by atoms with Crippen LogP contribution in [0.15, 0.2) is 200 Å². The van der Waals surface area contributed by atoms with Gasteiger partial charge in [-0.25, -0.2) is 0 Å². The van der Waals surface area contributed by atoms with Crippen LogP contribution in [-0.4, -0.2) is 8.07 Å². The van der Waals surface area contributed by atoms with E-state index >= 15 is 0 Å². The van der Waals surface area contributed by atoms with Gasteiger partial charge in [-0.2, -0.15) is 0 Å². The van der Waals surface area contributed by atoms with Crippen molar-refractivity contribution in [2.24, 2.45) is 0 Å². The van der Waals surface area contributed by atoms with Crippen molar-refractivity contribution in [2.75, 3.05) is 0 Å². The van der Waals surface area contributed by atoms with E-state index in [2.05, 4.69) is 220 Å². The van der Waals surface area contributed by atoms with Crippen LogP contribution in [0.5, 0.6) is 0 Å². The molecule has 0 N–H and O–H groups in total. The number of benzene rings is 12. The van der Waals surface area contributed by atoms with Crippen LogP contribution in [0.3, 0.4) is 0 Å². The van der Waals surface area contributed by atoms with E-state index < -0.39 is 8.07 Å². The molecule has 0 saturated heterocycles. The highest BCUT2D eigenvalue weighted by Crippen LogP contribution is 2.50. The molecule has 62 heavy (non-hydrogen) atoms. The Morgan fingerprint density at radius 2 is 0.742 bits per heavy atom. The summed E-state index contributed by atoms with van der Waals surface area (Å²) in [4.78, 5) is 0. The second-order valence-electron chi connectivity index (χ2n) is 18.4. The van der Waals surface area contributed by atoms with Crippen LogP contribution in [0.25, 0.3) is 131 Å². The molecule has 0 amide bonds. The molecule has 0 unspecified atom stereocenters. The van der Waals surface area contributed by atoms with Crippen LogP contribution in [0.4, 0.5) is 0 Å². The molecule has 0 bridgehead atoms. The maximum absolute atomic E-state index is 2.49. The minimum atomic E-state index is -1.59. The molecule has 1 aliphatic carbocycles. The van der Waals surface area contributed by atoms with Crippen LogP contribution in [-0.2, 0) is 0 Å². The lowest BCUT2D eigenvalue weighted by molar-refractivity contribution is 1.65. The minimum absolute atomic E-state index is 1.24. The van der Waals surface area contributed by atoms with E-state index in [1.807, 2.05) is 0 Å². The molecular weight excluding hydrogens is 761 g/mol. The van der Waals surface area contributed by atoms with Gasteiger partial charge < -0.3 is 0 Å². The summed E-state index contributed by atoms with van der Waals surface area (Å²) >= 11 is 0. The zero-order valence-corrected chi connectivity index (χ0v) is 36.1. The largest absolute Gasteiger partial charge is 0.0776 e. The minimum Gasteiger partial charge on any atom is -0.0656 e. The Morgan fingerprint density at radius 3 is 1.44 bits per heavy atom. The van der Waals surface area contributed by atoms with E-state index in [1.54, 1.807) is 0 Å². The smallest absolute Gasteiger partial charge is 0.0656 e. The summed E-state index contributed by atoms with van der Waals surface area (Å²) in [7, 11) is -1.59. The number of fused-ring (bicyclic) bond motifs is 13. The molecule has 13 rings (SSSR count). The maximum Gasteiger partial charge on any atom is 0.0776 e. The SMILES string of the molecule is C[Si](C)(C)c1ccc2c(-c3ccc4cc(-c5ccc6c7c(cccc57)-c5ccccc5-6)ccc4c3)cc(-c3cc4c5ccccc5c5ccccc5c4c4ccccc34)cc2c1. The van der Waals surface area contributed by atoms with Crippen molar-refractivity contribution in [2.45, 2.75) is 19.6 Å². The van der Waals surface area contributed by atoms with Gasteiger partial charge in [-0.05, 0) is 161 Å². The Bertz CT molecular complexity index is 3870. The first-order chi connectivity index (χ1) is 30.4. The Hall–Kier alpha value is -7.32. The average Bonchev–Trinajstić information content (AvgIpc) is 3.64. The van der Waals surface area contributed by atoms with Crippen LogP contribution >= 0.6 is 0 Å². The van der Waals surface area contributed by atoms with Crippen LogP contribution < -0.4 is 5.19 Å². The van der Waals surface area contributed by atoms with E-state index in [0.717, 1.165) is 0 Å². The lowest BCUT2D eigenvalue weighted by atomic mass is 9.86. The Morgan fingerprint density at radius 1 is 0.242 bits per heavy atom. The lowest BCUT2D eigenvalue weighted by Gasteiger charge is -2.20. The second kappa shape index (κ2) is 13.1. The van der Waals surface area contributed by atoms with Gasteiger partial charge in [0, 0.05) is 0 Å². The molecule has 0 atom stereocenters. The van der Waals surface area contributed by atoms with Crippen molar-refractivity contribution < 1.29 is 0 Å². The van der Waals surface area contributed by atoms with Crippen LogP contribution in [0.2, 0.25) is 19.6 Å². The van der Waals surface area contributed by atoms with Gasteiger partial charge in [0.25, 0.3) is 0 Å². The predicted molar refractivity (Wildman–Crippen MR) is 273 cm³/mol. The van der Waals surface area contributed by atoms with E-state index in [0.29, 0.717) is 0 Å².